The van der Waals surface area contributed by atoms with Crippen molar-refractivity contribution in [2.45, 2.75) is 15.0 Å². The van der Waals surface area contributed by atoms with Crippen LogP contribution in [0.15, 0.2) is 82.0 Å². The lowest BCUT2D eigenvalue weighted by molar-refractivity contribution is 0.602. The SMILES string of the molecule is CS(=O)(=O)c1ccc(-c2sc(SCc3ccc(F)cc3)nc2-c2ccc(F)cc2)cc1. The minimum absolute atomic E-state index is 0.245. The van der Waals surface area contributed by atoms with Gasteiger partial charge in [-0.25, -0.2) is 22.2 Å². The average molecular weight is 474 g/mol. The summed E-state index contributed by atoms with van der Waals surface area (Å²) in [6.07, 6.45) is 1.17. The van der Waals surface area contributed by atoms with E-state index in [9.17, 15) is 17.2 Å². The first kappa shape index (κ1) is 21.7. The van der Waals surface area contributed by atoms with Crippen LogP contribution in [0.25, 0.3) is 21.7 Å². The zero-order chi connectivity index (χ0) is 22.0. The number of hydrogen-bond acceptors (Lipinski definition) is 5. The van der Waals surface area contributed by atoms with Gasteiger partial charge in [0.1, 0.15) is 11.6 Å². The van der Waals surface area contributed by atoms with Gasteiger partial charge in [-0.05, 0) is 59.7 Å². The van der Waals surface area contributed by atoms with E-state index in [4.69, 9.17) is 4.98 Å². The van der Waals surface area contributed by atoms with Crippen molar-refractivity contribution in [2.24, 2.45) is 0 Å². The Hall–Kier alpha value is -2.55. The number of rotatable bonds is 6. The van der Waals surface area contributed by atoms with Crippen LogP contribution in [0.3, 0.4) is 0 Å². The van der Waals surface area contributed by atoms with Gasteiger partial charge >= 0.3 is 0 Å². The van der Waals surface area contributed by atoms with Gasteiger partial charge in [0.05, 0.1) is 15.5 Å². The number of benzene rings is 3. The lowest BCUT2D eigenvalue weighted by Crippen LogP contribution is -1.96. The molecular weight excluding hydrogens is 456 g/mol. The molecule has 1 aromatic heterocycles. The molecule has 3 aromatic carbocycles. The van der Waals surface area contributed by atoms with Crippen LogP contribution < -0.4 is 0 Å². The minimum atomic E-state index is -3.29. The van der Waals surface area contributed by atoms with Gasteiger partial charge in [-0.1, -0.05) is 36.0 Å². The normalized spacial score (nSPS) is 11.6. The molecule has 1 heterocycles. The first-order valence-electron chi connectivity index (χ1n) is 9.24. The van der Waals surface area contributed by atoms with Crippen molar-refractivity contribution in [3.8, 4) is 21.7 Å². The zero-order valence-electron chi connectivity index (χ0n) is 16.4. The van der Waals surface area contributed by atoms with Crippen molar-refractivity contribution in [1.82, 2.24) is 4.98 Å². The number of halogens is 2. The number of sulfone groups is 1. The highest BCUT2D eigenvalue weighted by Gasteiger charge is 2.17. The molecule has 4 rings (SSSR count). The van der Waals surface area contributed by atoms with Crippen LogP contribution in [-0.4, -0.2) is 19.7 Å². The lowest BCUT2D eigenvalue weighted by atomic mass is 10.1. The Kier molecular flexibility index (Phi) is 6.22. The van der Waals surface area contributed by atoms with E-state index in [0.717, 1.165) is 25.9 Å². The van der Waals surface area contributed by atoms with Gasteiger partial charge in [-0.15, -0.1) is 11.3 Å². The Labute approximate surface area is 187 Å². The van der Waals surface area contributed by atoms with Crippen LogP contribution in [0.5, 0.6) is 0 Å². The Morgan fingerprint density at radius 2 is 1.39 bits per heavy atom. The highest BCUT2D eigenvalue weighted by molar-refractivity contribution is 8.00. The highest BCUT2D eigenvalue weighted by Crippen LogP contribution is 2.41. The summed E-state index contributed by atoms with van der Waals surface area (Å²) in [5.74, 6) is 0.0219. The van der Waals surface area contributed by atoms with Crippen LogP contribution in [-0.2, 0) is 15.6 Å². The number of thiazole rings is 1. The second-order valence-corrected chi connectivity index (χ2v) is 11.1. The van der Waals surface area contributed by atoms with Gasteiger partial charge in [-0.2, -0.15) is 0 Å². The monoisotopic (exact) mass is 473 g/mol. The fourth-order valence-corrected chi connectivity index (χ4v) is 5.70. The number of aromatic nitrogens is 1. The largest absolute Gasteiger partial charge is 0.229 e. The second kappa shape index (κ2) is 8.90. The molecule has 0 saturated heterocycles. The molecule has 0 aliphatic heterocycles. The van der Waals surface area contributed by atoms with E-state index in [-0.39, 0.29) is 16.5 Å². The number of hydrogen-bond donors (Lipinski definition) is 0. The van der Waals surface area contributed by atoms with Crippen LogP contribution >= 0.6 is 23.1 Å². The van der Waals surface area contributed by atoms with E-state index in [2.05, 4.69) is 0 Å². The Balaban J connectivity index is 1.70. The van der Waals surface area contributed by atoms with Gasteiger partial charge in [0.25, 0.3) is 0 Å². The zero-order valence-corrected chi connectivity index (χ0v) is 18.8. The third-order valence-corrected chi connectivity index (χ3v) is 7.99. The Bertz CT molecular complexity index is 1300. The standard InChI is InChI=1S/C23H17F2NO2S3/c1-31(27,28)20-12-6-17(7-13-20)22-21(16-4-10-19(25)11-5-16)26-23(30-22)29-14-15-2-8-18(24)9-3-15/h2-13H,14H2,1H3. The van der Waals surface area contributed by atoms with E-state index in [1.54, 1.807) is 48.5 Å². The van der Waals surface area contributed by atoms with E-state index >= 15 is 0 Å². The molecule has 158 valence electrons. The molecule has 0 aliphatic rings. The van der Waals surface area contributed by atoms with E-state index in [1.807, 2.05) is 0 Å². The number of thioether (sulfide) groups is 1. The van der Waals surface area contributed by atoms with Gasteiger partial charge in [-0.3, -0.25) is 0 Å². The smallest absolute Gasteiger partial charge is 0.175 e. The summed E-state index contributed by atoms with van der Waals surface area (Å²) in [5, 5.41) is 0. The molecule has 0 bridgehead atoms. The predicted octanol–water partition coefficient (Wildman–Crippen LogP) is 6.45. The summed E-state index contributed by atoms with van der Waals surface area (Å²) < 4.78 is 50.9. The van der Waals surface area contributed by atoms with Crippen molar-refractivity contribution >= 4 is 32.9 Å². The summed E-state index contributed by atoms with van der Waals surface area (Å²) in [7, 11) is -3.29. The molecule has 0 radical (unpaired) electrons. The lowest BCUT2D eigenvalue weighted by Gasteiger charge is -2.04. The number of nitrogens with zero attached hydrogens (tertiary/aromatic N) is 1. The molecule has 0 amide bonds. The summed E-state index contributed by atoms with van der Waals surface area (Å²) in [4.78, 5) is 5.87. The quantitative estimate of drug-likeness (QED) is 0.302. The molecule has 0 unspecified atom stereocenters. The third-order valence-electron chi connectivity index (χ3n) is 4.55. The minimum Gasteiger partial charge on any atom is -0.229 e. The summed E-state index contributed by atoms with van der Waals surface area (Å²) in [6, 6.07) is 19.1. The van der Waals surface area contributed by atoms with Crippen LogP contribution in [0.2, 0.25) is 0 Å². The summed E-state index contributed by atoms with van der Waals surface area (Å²) in [6.45, 7) is 0. The van der Waals surface area contributed by atoms with Crippen LogP contribution in [0, 0.1) is 11.6 Å². The molecule has 8 heteroatoms. The molecule has 0 N–H and O–H groups in total. The van der Waals surface area contributed by atoms with Gasteiger partial charge < -0.3 is 0 Å². The van der Waals surface area contributed by atoms with Gasteiger partial charge in [0, 0.05) is 17.6 Å². The third kappa shape index (κ3) is 5.20. The van der Waals surface area contributed by atoms with Crippen molar-refractivity contribution in [2.75, 3.05) is 6.26 Å². The first-order chi connectivity index (χ1) is 14.8. The topological polar surface area (TPSA) is 47.0 Å². The maximum Gasteiger partial charge on any atom is 0.175 e. The predicted molar refractivity (Wildman–Crippen MR) is 122 cm³/mol. The van der Waals surface area contributed by atoms with Crippen molar-refractivity contribution < 1.29 is 17.2 Å². The maximum absolute atomic E-state index is 13.4. The molecule has 0 fully saturated rings. The fraction of sp³-hybridized carbons (Fsp3) is 0.0870. The van der Waals surface area contributed by atoms with Gasteiger partial charge in [0.15, 0.2) is 14.2 Å². The van der Waals surface area contributed by atoms with Crippen LogP contribution in [0.1, 0.15) is 5.56 Å². The fourth-order valence-electron chi connectivity index (χ4n) is 2.94. The first-order valence-corrected chi connectivity index (χ1v) is 12.9. The van der Waals surface area contributed by atoms with Crippen molar-refractivity contribution in [3.63, 3.8) is 0 Å². The van der Waals surface area contributed by atoms with E-state index in [1.165, 1.54) is 53.6 Å². The molecule has 0 spiro atoms. The van der Waals surface area contributed by atoms with Crippen molar-refractivity contribution in [3.05, 3.63) is 90.0 Å². The van der Waals surface area contributed by atoms with Crippen molar-refractivity contribution in [1.29, 1.82) is 0 Å². The Morgan fingerprint density at radius 3 is 1.97 bits per heavy atom. The molecule has 3 nitrogen and oxygen atoms in total. The highest BCUT2D eigenvalue weighted by atomic mass is 32.2. The average Bonchev–Trinajstić information content (AvgIpc) is 3.18. The molecule has 31 heavy (non-hydrogen) atoms. The van der Waals surface area contributed by atoms with Crippen LogP contribution in [0.4, 0.5) is 8.78 Å². The molecular formula is C23H17F2NO2S3. The summed E-state index contributed by atoms with van der Waals surface area (Å²) >= 11 is 3.01. The second-order valence-electron chi connectivity index (χ2n) is 6.88. The molecule has 0 aliphatic carbocycles. The summed E-state index contributed by atoms with van der Waals surface area (Å²) in [5.41, 5.74) is 3.29. The van der Waals surface area contributed by atoms with E-state index < -0.39 is 9.84 Å². The van der Waals surface area contributed by atoms with Gasteiger partial charge in [0.2, 0.25) is 0 Å². The molecule has 4 aromatic rings. The molecule has 0 atom stereocenters. The van der Waals surface area contributed by atoms with E-state index in [0.29, 0.717) is 11.4 Å². The molecule has 0 saturated carbocycles. The maximum atomic E-state index is 13.4. The Morgan fingerprint density at radius 1 is 0.839 bits per heavy atom.